The van der Waals surface area contributed by atoms with E-state index in [1.807, 2.05) is 14.1 Å². The van der Waals surface area contributed by atoms with Crippen molar-refractivity contribution in [3.05, 3.63) is 0 Å². The molecule has 0 radical (unpaired) electrons. The molecule has 0 aliphatic rings. The zero-order valence-electron chi connectivity index (χ0n) is 6.26. The van der Waals surface area contributed by atoms with Crippen LogP contribution < -0.4 is 10.0 Å². The van der Waals surface area contributed by atoms with Gasteiger partial charge in [-0.1, -0.05) is 0 Å². The maximum atomic E-state index is 9.91. The van der Waals surface area contributed by atoms with E-state index in [1.54, 1.807) is 0 Å². The van der Waals surface area contributed by atoms with Crippen LogP contribution in [0.2, 0.25) is 0 Å². The van der Waals surface area contributed by atoms with Crippen LogP contribution in [-0.4, -0.2) is 37.8 Å². The zero-order valence-corrected chi connectivity index (χ0v) is 6.26. The molecular weight excluding hydrogens is 134 g/mol. The molecule has 0 heterocycles. The van der Waals surface area contributed by atoms with E-state index in [0.717, 1.165) is 4.90 Å². The molecule has 0 aromatic rings. The summed E-state index contributed by atoms with van der Waals surface area (Å²) in [6, 6.07) is 0. The lowest BCUT2D eigenvalue weighted by Gasteiger charge is -2.13. The number of carbonyl (C=O) groups excluding carboxylic acids is 1. The molecule has 0 aromatic heterocycles. The lowest BCUT2D eigenvalue weighted by atomic mass is 10.2. The van der Waals surface area contributed by atoms with Crippen molar-refractivity contribution in [1.82, 2.24) is 0 Å². The molecular formula is C6H13NO3. The number of carboxylic acids is 1. The fraction of sp³-hybridized carbons (Fsp3) is 0.833. The van der Waals surface area contributed by atoms with E-state index in [1.165, 1.54) is 0 Å². The number of aliphatic hydroxyl groups excluding tert-OH is 1. The first-order chi connectivity index (χ1) is 4.52. The van der Waals surface area contributed by atoms with Gasteiger partial charge in [-0.05, 0) is 0 Å². The summed E-state index contributed by atoms with van der Waals surface area (Å²) in [6.07, 6.45) is -1.06. The van der Waals surface area contributed by atoms with Crippen molar-refractivity contribution in [2.45, 2.75) is 12.5 Å². The minimum absolute atomic E-state index is 0.273. The molecule has 10 heavy (non-hydrogen) atoms. The zero-order chi connectivity index (χ0) is 8.15. The fourth-order valence-corrected chi connectivity index (χ4v) is 0.736. The fourth-order valence-electron chi connectivity index (χ4n) is 0.736. The van der Waals surface area contributed by atoms with E-state index >= 15 is 0 Å². The van der Waals surface area contributed by atoms with Gasteiger partial charge in [-0.15, -0.1) is 0 Å². The van der Waals surface area contributed by atoms with Crippen LogP contribution in [0.3, 0.4) is 0 Å². The van der Waals surface area contributed by atoms with Crippen LogP contribution in [0.1, 0.15) is 6.42 Å². The molecule has 0 saturated carbocycles. The summed E-state index contributed by atoms with van der Waals surface area (Å²) in [6.45, 7) is 0.438. The van der Waals surface area contributed by atoms with Gasteiger partial charge in [-0.3, -0.25) is 0 Å². The Morgan fingerprint density at radius 2 is 2.20 bits per heavy atom. The van der Waals surface area contributed by atoms with Crippen molar-refractivity contribution in [3.8, 4) is 0 Å². The largest absolute Gasteiger partial charge is 0.550 e. The van der Waals surface area contributed by atoms with Crippen LogP contribution in [0.5, 0.6) is 0 Å². The lowest BCUT2D eigenvalue weighted by Crippen LogP contribution is -3.07. The third-order valence-corrected chi connectivity index (χ3v) is 1.05. The predicted octanol–water partition coefficient (Wildman–Crippen LogP) is -3.37. The number of aliphatic carboxylic acids is 1. The molecule has 0 bridgehead atoms. The molecule has 0 aliphatic heterocycles. The summed E-state index contributed by atoms with van der Waals surface area (Å²) in [5, 5.41) is 18.9. The SMILES string of the molecule is C[NH+](C)C[C@@H](O)CC(=O)[O-]. The van der Waals surface area contributed by atoms with Crippen LogP contribution in [0.4, 0.5) is 0 Å². The highest BCUT2D eigenvalue weighted by Crippen LogP contribution is 1.83. The van der Waals surface area contributed by atoms with Crippen LogP contribution in [0.15, 0.2) is 0 Å². The maximum Gasteiger partial charge on any atom is 0.108 e. The first-order valence-corrected chi connectivity index (χ1v) is 3.19. The lowest BCUT2D eigenvalue weighted by molar-refractivity contribution is -0.861. The highest BCUT2D eigenvalue weighted by Gasteiger charge is 2.07. The second-order valence-electron chi connectivity index (χ2n) is 2.64. The highest BCUT2D eigenvalue weighted by molar-refractivity contribution is 5.64. The number of hydrogen-bond acceptors (Lipinski definition) is 3. The number of nitrogens with one attached hydrogen (secondary N) is 1. The van der Waals surface area contributed by atoms with Crippen molar-refractivity contribution in [1.29, 1.82) is 0 Å². The average molecular weight is 147 g/mol. The van der Waals surface area contributed by atoms with Gasteiger partial charge in [-0.25, -0.2) is 0 Å². The Morgan fingerprint density at radius 3 is 2.50 bits per heavy atom. The third-order valence-electron chi connectivity index (χ3n) is 1.05. The second kappa shape index (κ2) is 4.24. The first-order valence-electron chi connectivity index (χ1n) is 3.19. The molecule has 2 N–H and O–H groups in total. The molecule has 0 saturated heterocycles. The molecule has 4 heteroatoms. The number of quaternary nitrogens is 1. The quantitative estimate of drug-likeness (QED) is 0.436. The first kappa shape index (κ1) is 9.39. The summed E-state index contributed by atoms with van der Waals surface area (Å²) in [5.74, 6) is -1.20. The van der Waals surface area contributed by atoms with Gasteiger partial charge in [-0.2, -0.15) is 0 Å². The third kappa shape index (κ3) is 5.53. The Hall–Kier alpha value is -0.610. The van der Waals surface area contributed by atoms with E-state index in [9.17, 15) is 9.90 Å². The Kier molecular flexibility index (Phi) is 3.99. The smallest absolute Gasteiger partial charge is 0.108 e. The van der Waals surface area contributed by atoms with Gasteiger partial charge in [0.2, 0.25) is 0 Å². The van der Waals surface area contributed by atoms with Crippen LogP contribution in [-0.2, 0) is 4.79 Å². The van der Waals surface area contributed by atoms with Gasteiger partial charge in [0.1, 0.15) is 12.6 Å². The van der Waals surface area contributed by atoms with Crippen molar-refractivity contribution >= 4 is 5.97 Å². The van der Waals surface area contributed by atoms with Gasteiger partial charge >= 0.3 is 0 Å². The Bertz CT molecular complexity index is 114. The Balaban J connectivity index is 3.43. The highest BCUT2D eigenvalue weighted by atomic mass is 16.4. The molecule has 60 valence electrons. The normalized spacial score (nSPS) is 13.6. The molecule has 0 rings (SSSR count). The topological polar surface area (TPSA) is 64.8 Å². The van der Waals surface area contributed by atoms with Gasteiger partial charge < -0.3 is 19.9 Å². The summed E-state index contributed by atoms with van der Waals surface area (Å²) in [4.78, 5) is 10.9. The molecule has 1 atom stereocenters. The summed E-state index contributed by atoms with van der Waals surface area (Å²) >= 11 is 0. The number of rotatable bonds is 4. The molecule has 0 aliphatic carbocycles. The summed E-state index contributed by atoms with van der Waals surface area (Å²) in [5.41, 5.74) is 0. The van der Waals surface area contributed by atoms with E-state index in [0.29, 0.717) is 6.54 Å². The van der Waals surface area contributed by atoms with Crippen LogP contribution in [0, 0.1) is 0 Å². The van der Waals surface area contributed by atoms with Crippen LogP contribution >= 0.6 is 0 Å². The van der Waals surface area contributed by atoms with Crippen molar-refractivity contribution in [3.63, 3.8) is 0 Å². The molecule has 4 nitrogen and oxygen atoms in total. The Labute approximate surface area is 60.1 Å². The van der Waals surface area contributed by atoms with Crippen LogP contribution in [0.25, 0.3) is 0 Å². The maximum absolute atomic E-state index is 9.91. The van der Waals surface area contributed by atoms with E-state index in [2.05, 4.69) is 0 Å². The minimum atomic E-state index is -1.20. The van der Waals surface area contributed by atoms with Crippen molar-refractivity contribution < 1.29 is 19.9 Å². The summed E-state index contributed by atoms with van der Waals surface area (Å²) in [7, 11) is 3.69. The molecule has 0 unspecified atom stereocenters. The average Bonchev–Trinajstić information content (AvgIpc) is 1.58. The van der Waals surface area contributed by atoms with E-state index < -0.39 is 12.1 Å². The van der Waals surface area contributed by atoms with E-state index in [4.69, 9.17) is 5.11 Å². The number of likely N-dealkylation sites (N-methyl/N-ethyl adjacent to an activating group) is 1. The van der Waals surface area contributed by atoms with Crippen molar-refractivity contribution in [2.75, 3.05) is 20.6 Å². The number of carbonyl (C=O) groups is 1. The van der Waals surface area contributed by atoms with Gasteiger partial charge in [0.05, 0.1) is 14.1 Å². The molecule has 0 amide bonds. The van der Waals surface area contributed by atoms with Gasteiger partial charge in [0.25, 0.3) is 0 Å². The molecule has 0 aromatic carbocycles. The van der Waals surface area contributed by atoms with Gasteiger partial charge in [0.15, 0.2) is 0 Å². The number of carboxylic acid groups (broad SMARTS) is 1. The predicted molar refractivity (Wildman–Crippen MR) is 33.3 cm³/mol. The molecule has 0 spiro atoms. The standard InChI is InChI=1S/C6H13NO3/c1-7(2)4-5(8)3-6(9)10/h5,8H,3-4H2,1-2H3,(H,9,10)/t5-/m0/s1. The van der Waals surface area contributed by atoms with E-state index in [-0.39, 0.29) is 6.42 Å². The van der Waals surface area contributed by atoms with Crippen molar-refractivity contribution in [2.24, 2.45) is 0 Å². The minimum Gasteiger partial charge on any atom is -0.550 e. The number of hydrogen-bond donors (Lipinski definition) is 2. The Morgan fingerprint density at radius 1 is 1.70 bits per heavy atom. The number of aliphatic hydroxyl groups is 1. The molecule has 0 fully saturated rings. The second-order valence-corrected chi connectivity index (χ2v) is 2.64. The monoisotopic (exact) mass is 147 g/mol. The summed E-state index contributed by atoms with van der Waals surface area (Å²) < 4.78 is 0. The van der Waals surface area contributed by atoms with Gasteiger partial charge in [0, 0.05) is 12.4 Å².